The number of H-pyrrole nitrogens is 1. The smallest absolute Gasteiger partial charge is 0.291 e. The van der Waals surface area contributed by atoms with Crippen molar-refractivity contribution in [2.75, 3.05) is 26.4 Å². The monoisotopic (exact) mass is 240 g/mol. The van der Waals surface area contributed by atoms with E-state index in [1.54, 1.807) is 0 Å². The van der Waals surface area contributed by atoms with Crippen molar-refractivity contribution in [2.45, 2.75) is 18.8 Å². The molecule has 94 valence electrons. The first-order chi connectivity index (χ1) is 8.31. The van der Waals surface area contributed by atoms with E-state index in [1.807, 2.05) is 0 Å². The Balaban J connectivity index is 1.70. The van der Waals surface area contributed by atoms with Crippen LogP contribution < -0.4 is 5.32 Å². The first kappa shape index (κ1) is 12.0. The third-order valence-corrected chi connectivity index (χ3v) is 2.44. The zero-order chi connectivity index (χ0) is 12.1. The quantitative estimate of drug-likeness (QED) is 0.554. The minimum Gasteiger partial charge on any atom is -0.394 e. The van der Waals surface area contributed by atoms with E-state index in [4.69, 9.17) is 9.84 Å². The molecule has 1 aromatic heterocycles. The number of ether oxygens (including phenoxy) is 1. The third-order valence-electron chi connectivity index (χ3n) is 2.44. The first-order valence-corrected chi connectivity index (χ1v) is 5.70. The third kappa shape index (κ3) is 3.50. The Bertz CT molecular complexity index is 375. The zero-order valence-electron chi connectivity index (χ0n) is 9.48. The van der Waals surface area contributed by atoms with Gasteiger partial charge in [0.2, 0.25) is 5.82 Å². The summed E-state index contributed by atoms with van der Waals surface area (Å²) in [7, 11) is 0. The van der Waals surface area contributed by atoms with Gasteiger partial charge in [0.1, 0.15) is 5.82 Å². The number of aliphatic hydroxyl groups is 1. The number of amides is 1. The molecule has 0 aliphatic heterocycles. The van der Waals surface area contributed by atoms with E-state index in [0.717, 1.165) is 18.7 Å². The lowest BCUT2D eigenvalue weighted by atomic mass is 10.4. The molecule has 1 saturated carbocycles. The molecule has 7 nitrogen and oxygen atoms in total. The fourth-order valence-corrected chi connectivity index (χ4v) is 1.40. The molecule has 2 rings (SSSR count). The van der Waals surface area contributed by atoms with Crippen LogP contribution >= 0.6 is 0 Å². The van der Waals surface area contributed by atoms with Crippen LogP contribution in [0.15, 0.2) is 0 Å². The number of hydrogen-bond acceptors (Lipinski definition) is 5. The Morgan fingerprint density at radius 1 is 1.53 bits per heavy atom. The summed E-state index contributed by atoms with van der Waals surface area (Å²) in [5.74, 6) is 1.12. The van der Waals surface area contributed by atoms with Crippen LogP contribution in [0.2, 0.25) is 0 Å². The minimum atomic E-state index is -0.305. The standard InChI is InChI=1S/C10H16N4O3/c15-4-6-17-5-3-11-10(16)9-12-8(13-14-9)7-1-2-7/h7,15H,1-6H2,(H,11,16)(H,12,13,14). The van der Waals surface area contributed by atoms with Crippen LogP contribution in [0.25, 0.3) is 0 Å². The lowest BCUT2D eigenvalue weighted by molar-refractivity contribution is 0.0832. The molecule has 1 fully saturated rings. The molecule has 0 spiro atoms. The number of aliphatic hydroxyl groups excluding tert-OH is 1. The fourth-order valence-electron chi connectivity index (χ4n) is 1.40. The number of carbonyl (C=O) groups is 1. The van der Waals surface area contributed by atoms with E-state index >= 15 is 0 Å². The van der Waals surface area contributed by atoms with Crippen molar-refractivity contribution in [3.63, 3.8) is 0 Å². The largest absolute Gasteiger partial charge is 0.394 e. The van der Waals surface area contributed by atoms with Gasteiger partial charge in [-0.15, -0.1) is 5.10 Å². The predicted octanol–water partition coefficient (Wildman–Crippen LogP) is -0.579. The normalized spacial score (nSPS) is 14.9. The van der Waals surface area contributed by atoms with Gasteiger partial charge in [0.25, 0.3) is 5.91 Å². The Kier molecular flexibility index (Phi) is 4.05. The summed E-state index contributed by atoms with van der Waals surface area (Å²) in [6.45, 7) is 1.01. The van der Waals surface area contributed by atoms with Crippen molar-refractivity contribution in [3.8, 4) is 0 Å². The van der Waals surface area contributed by atoms with Crippen LogP contribution in [0, 0.1) is 0 Å². The van der Waals surface area contributed by atoms with Gasteiger partial charge >= 0.3 is 0 Å². The molecule has 0 bridgehead atoms. The second-order valence-corrected chi connectivity index (χ2v) is 3.91. The van der Waals surface area contributed by atoms with Gasteiger partial charge in [-0.2, -0.15) is 0 Å². The molecular weight excluding hydrogens is 224 g/mol. The zero-order valence-corrected chi connectivity index (χ0v) is 9.48. The van der Waals surface area contributed by atoms with E-state index in [9.17, 15) is 4.79 Å². The van der Waals surface area contributed by atoms with Crippen LogP contribution in [0.5, 0.6) is 0 Å². The van der Waals surface area contributed by atoms with Crippen molar-refractivity contribution >= 4 is 5.91 Å². The van der Waals surface area contributed by atoms with Gasteiger partial charge in [0.05, 0.1) is 19.8 Å². The summed E-state index contributed by atoms with van der Waals surface area (Å²) in [5.41, 5.74) is 0. The maximum atomic E-state index is 11.6. The molecule has 1 aliphatic carbocycles. The van der Waals surface area contributed by atoms with Crippen molar-refractivity contribution < 1.29 is 14.6 Å². The fraction of sp³-hybridized carbons (Fsp3) is 0.700. The number of aromatic amines is 1. The van der Waals surface area contributed by atoms with Gasteiger partial charge < -0.3 is 15.2 Å². The molecule has 1 aliphatic rings. The summed E-state index contributed by atoms with van der Waals surface area (Å²) >= 11 is 0. The summed E-state index contributed by atoms with van der Waals surface area (Å²) in [4.78, 5) is 15.7. The first-order valence-electron chi connectivity index (χ1n) is 5.70. The molecule has 1 aromatic rings. The van der Waals surface area contributed by atoms with Crippen molar-refractivity contribution in [3.05, 3.63) is 11.6 Å². The summed E-state index contributed by atoms with van der Waals surface area (Å²) in [6.07, 6.45) is 2.23. The minimum absolute atomic E-state index is 0.0143. The van der Waals surface area contributed by atoms with E-state index in [-0.39, 0.29) is 24.9 Å². The lowest BCUT2D eigenvalue weighted by Gasteiger charge is -2.02. The van der Waals surface area contributed by atoms with Gasteiger partial charge in [-0.25, -0.2) is 4.98 Å². The number of nitrogens with one attached hydrogen (secondary N) is 2. The molecular formula is C10H16N4O3. The number of rotatable bonds is 7. The second kappa shape index (κ2) is 5.74. The van der Waals surface area contributed by atoms with Gasteiger partial charge in [-0.1, -0.05) is 0 Å². The average Bonchev–Trinajstić information content (AvgIpc) is 3.07. The molecule has 0 unspecified atom stereocenters. The second-order valence-electron chi connectivity index (χ2n) is 3.91. The van der Waals surface area contributed by atoms with Crippen LogP contribution in [0.3, 0.4) is 0 Å². The maximum Gasteiger partial charge on any atom is 0.291 e. The Labute approximate surface area is 98.6 Å². The number of nitrogens with zero attached hydrogens (tertiary/aromatic N) is 2. The number of carbonyl (C=O) groups excluding carboxylic acids is 1. The highest BCUT2D eigenvalue weighted by Gasteiger charge is 2.28. The van der Waals surface area contributed by atoms with Crippen LogP contribution in [-0.2, 0) is 4.74 Å². The van der Waals surface area contributed by atoms with Crippen LogP contribution in [0.1, 0.15) is 35.2 Å². The number of hydrogen-bond donors (Lipinski definition) is 3. The highest BCUT2D eigenvalue weighted by Crippen LogP contribution is 2.37. The van der Waals surface area contributed by atoms with Gasteiger partial charge in [0.15, 0.2) is 0 Å². The summed E-state index contributed by atoms with van der Waals surface area (Å²) < 4.78 is 5.01. The molecule has 3 N–H and O–H groups in total. The Morgan fingerprint density at radius 3 is 3.06 bits per heavy atom. The van der Waals surface area contributed by atoms with Gasteiger partial charge in [-0.3, -0.25) is 9.89 Å². The Hall–Kier alpha value is -1.47. The average molecular weight is 240 g/mol. The van der Waals surface area contributed by atoms with E-state index in [1.165, 1.54) is 0 Å². The Morgan fingerprint density at radius 2 is 2.35 bits per heavy atom. The maximum absolute atomic E-state index is 11.6. The van der Waals surface area contributed by atoms with E-state index in [2.05, 4.69) is 20.5 Å². The molecule has 0 aromatic carbocycles. The molecule has 0 atom stereocenters. The van der Waals surface area contributed by atoms with Gasteiger partial charge in [-0.05, 0) is 12.8 Å². The highest BCUT2D eigenvalue weighted by molar-refractivity contribution is 5.90. The van der Waals surface area contributed by atoms with E-state index in [0.29, 0.717) is 19.1 Å². The molecule has 0 radical (unpaired) electrons. The van der Waals surface area contributed by atoms with Crippen molar-refractivity contribution in [2.24, 2.45) is 0 Å². The van der Waals surface area contributed by atoms with Crippen LogP contribution in [0.4, 0.5) is 0 Å². The summed E-state index contributed by atoms with van der Waals surface area (Å²) in [6, 6.07) is 0. The molecule has 1 amide bonds. The van der Waals surface area contributed by atoms with Crippen LogP contribution in [-0.4, -0.2) is 52.6 Å². The van der Waals surface area contributed by atoms with E-state index < -0.39 is 0 Å². The number of aromatic nitrogens is 3. The topological polar surface area (TPSA) is 100 Å². The SMILES string of the molecule is O=C(NCCOCCO)c1n[nH]c(C2CC2)n1. The van der Waals surface area contributed by atoms with Crippen molar-refractivity contribution in [1.82, 2.24) is 20.5 Å². The molecule has 1 heterocycles. The summed E-state index contributed by atoms with van der Waals surface area (Å²) in [5, 5.41) is 17.8. The molecule has 7 heteroatoms. The molecule has 0 saturated heterocycles. The van der Waals surface area contributed by atoms with Crippen molar-refractivity contribution in [1.29, 1.82) is 0 Å². The molecule has 17 heavy (non-hydrogen) atoms. The lowest BCUT2D eigenvalue weighted by Crippen LogP contribution is -2.28. The highest BCUT2D eigenvalue weighted by atomic mass is 16.5. The predicted molar refractivity (Wildman–Crippen MR) is 58.6 cm³/mol. The van der Waals surface area contributed by atoms with Gasteiger partial charge in [0, 0.05) is 12.5 Å².